The Morgan fingerprint density at radius 1 is 1.33 bits per heavy atom. The Bertz CT molecular complexity index is 428. The van der Waals surface area contributed by atoms with Gasteiger partial charge >= 0.3 is 0 Å². The molecule has 0 unspecified atom stereocenters. The van der Waals surface area contributed by atoms with E-state index in [9.17, 15) is 9.00 Å². The minimum atomic E-state index is -0.862. The lowest BCUT2D eigenvalue weighted by atomic mass is 10.0. The standard InChI is InChI=1S/C14H21NO2S/c1-4-12(5-2)14(16)15-13-8-6-7-11(9-13)10-18(3)17/h6-9,12H,4-5,10H2,1-3H3,(H,15,16)/t18-/m0/s1. The second-order valence-corrected chi connectivity index (χ2v) is 5.86. The molecule has 1 N–H and O–H groups in total. The molecule has 18 heavy (non-hydrogen) atoms. The number of amides is 1. The SMILES string of the molecule is CCC(CC)C(=O)Nc1cccc(C[S@](C)=O)c1. The Labute approximate surface area is 111 Å². The van der Waals surface area contributed by atoms with E-state index in [-0.39, 0.29) is 11.8 Å². The fourth-order valence-corrected chi connectivity index (χ4v) is 2.53. The Kier molecular flexibility index (Phi) is 6.05. The molecule has 4 heteroatoms. The summed E-state index contributed by atoms with van der Waals surface area (Å²) in [6.45, 7) is 4.04. The minimum absolute atomic E-state index is 0.0639. The van der Waals surface area contributed by atoms with Crippen molar-refractivity contribution in [1.29, 1.82) is 0 Å². The highest BCUT2D eigenvalue weighted by Crippen LogP contribution is 2.15. The van der Waals surface area contributed by atoms with Gasteiger partial charge in [0.1, 0.15) is 0 Å². The van der Waals surface area contributed by atoms with Crippen molar-refractivity contribution < 1.29 is 9.00 Å². The van der Waals surface area contributed by atoms with Crippen LogP contribution in [0.2, 0.25) is 0 Å². The molecule has 100 valence electrons. The van der Waals surface area contributed by atoms with Gasteiger partial charge in [0.25, 0.3) is 0 Å². The van der Waals surface area contributed by atoms with Gasteiger partial charge in [0, 0.05) is 34.4 Å². The zero-order valence-electron chi connectivity index (χ0n) is 11.2. The van der Waals surface area contributed by atoms with Crippen molar-refractivity contribution in [3.8, 4) is 0 Å². The van der Waals surface area contributed by atoms with Gasteiger partial charge in [-0.3, -0.25) is 9.00 Å². The highest BCUT2D eigenvalue weighted by Gasteiger charge is 2.14. The highest BCUT2D eigenvalue weighted by molar-refractivity contribution is 7.83. The van der Waals surface area contributed by atoms with Crippen LogP contribution in [0.25, 0.3) is 0 Å². The quantitative estimate of drug-likeness (QED) is 0.861. The van der Waals surface area contributed by atoms with Gasteiger partial charge in [-0.15, -0.1) is 0 Å². The van der Waals surface area contributed by atoms with E-state index in [1.165, 1.54) is 0 Å². The van der Waals surface area contributed by atoms with Crippen LogP contribution >= 0.6 is 0 Å². The third-order valence-corrected chi connectivity index (χ3v) is 3.66. The molecular formula is C14H21NO2S. The van der Waals surface area contributed by atoms with E-state index in [4.69, 9.17) is 0 Å². The molecule has 0 saturated heterocycles. The van der Waals surface area contributed by atoms with Crippen molar-refractivity contribution in [2.24, 2.45) is 5.92 Å². The first-order valence-electron chi connectivity index (χ1n) is 6.26. The molecule has 0 fully saturated rings. The molecule has 0 aliphatic heterocycles. The van der Waals surface area contributed by atoms with Crippen LogP contribution in [0.15, 0.2) is 24.3 Å². The monoisotopic (exact) mass is 267 g/mol. The summed E-state index contributed by atoms with van der Waals surface area (Å²) in [6.07, 6.45) is 3.37. The molecular weight excluding hydrogens is 246 g/mol. The summed E-state index contributed by atoms with van der Waals surface area (Å²) in [5, 5.41) is 2.92. The largest absolute Gasteiger partial charge is 0.326 e. The van der Waals surface area contributed by atoms with E-state index < -0.39 is 10.8 Å². The van der Waals surface area contributed by atoms with Crippen LogP contribution in [0.3, 0.4) is 0 Å². The topological polar surface area (TPSA) is 46.2 Å². The predicted octanol–water partition coefficient (Wildman–Crippen LogP) is 2.94. The molecule has 1 amide bonds. The van der Waals surface area contributed by atoms with Crippen molar-refractivity contribution in [3.63, 3.8) is 0 Å². The Balaban J connectivity index is 2.72. The van der Waals surface area contributed by atoms with Gasteiger partial charge in [0.05, 0.1) is 0 Å². The lowest BCUT2D eigenvalue weighted by molar-refractivity contribution is -0.120. The molecule has 1 atom stereocenters. The maximum atomic E-state index is 11.9. The third-order valence-electron chi connectivity index (χ3n) is 2.92. The van der Waals surface area contributed by atoms with Gasteiger partial charge in [0.15, 0.2) is 0 Å². The fraction of sp³-hybridized carbons (Fsp3) is 0.500. The molecule has 3 nitrogen and oxygen atoms in total. The molecule has 1 aromatic carbocycles. The zero-order chi connectivity index (χ0) is 13.5. The van der Waals surface area contributed by atoms with Gasteiger partial charge in [-0.2, -0.15) is 0 Å². The molecule has 0 aliphatic rings. The van der Waals surface area contributed by atoms with Crippen molar-refractivity contribution in [1.82, 2.24) is 0 Å². The minimum Gasteiger partial charge on any atom is -0.326 e. The first-order chi connectivity index (χ1) is 8.56. The summed E-state index contributed by atoms with van der Waals surface area (Å²) in [5.41, 5.74) is 1.77. The molecule has 0 aliphatic carbocycles. The second-order valence-electron chi connectivity index (χ2n) is 4.42. The van der Waals surface area contributed by atoms with Gasteiger partial charge in [0.2, 0.25) is 5.91 Å². The smallest absolute Gasteiger partial charge is 0.227 e. The Hall–Kier alpha value is -1.16. The number of anilines is 1. The molecule has 0 heterocycles. The van der Waals surface area contributed by atoms with E-state index >= 15 is 0 Å². The van der Waals surface area contributed by atoms with Gasteiger partial charge in [-0.1, -0.05) is 26.0 Å². The van der Waals surface area contributed by atoms with Crippen LogP contribution < -0.4 is 5.32 Å². The summed E-state index contributed by atoms with van der Waals surface area (Å²) in [5.74, 6) is 0.651. The van der Waals surface area contributed by atoms with E-state index in [1.807, 2.05) is 38.1 Å². The summed E-state index contributed by atoms with van der Waals surface area (Å²) < 4.78 is 11.2. The van der Waals surface area contributed by atoms with E-state index in [1.54, 1.807) is 6.26 Å². The number of hydrogen-bond donors (Lipinski definition) is 1. The lowest BCUT2D eigenvalue weighted by Crippen LogP contribution is -2.21. The number of benzene rings is 1. The van der Waals surface area contributed by atoms with Crippen LogP contribution in [0.1, 0.15) is 32.3 Å². The van der Waals surface area contributed by atoms with E-state index in [0.29, 0.717) is 5.75 Å². The molecule has 0 spiro atoms. The average Bonchev–Trinajstić information content (AvgIpc) is 2.30. The molecule has 0 bridgehead atoms. The maximum absolute atomic E-state index is 11.9. The maximum Gasteiger partial charge on any atom is 0.227 e. The molecule has 0 saturated carbocycles. The normalized spacial score (nSPS) is 12.4. The number of carbonyl (C=O) groups excluding carboxylic acids is 1. The van der Waals surface area contributed by atoms with Crippen LogP contribution in [0, 0.1) is 5.92 Å². The second kappa shape index (κ2) is 7.31. The summed E-state index contributed by atoms with van der Waals surface area (Å²) in [6, 6.07) is 7.56. The summed E-state index contributed by atoms with van der Waals surface area (Å²) in [7, 11) is -0.862. The molecule has 0 radical (unpaired) electrons. The average molecular weight is 267 g/mol. The lowest BCUT2D eigenvalue weighted by Gasteiger charge is -2.13. The first kappa shape index (κ1) is 14.9. The highest BCUT2D eigenvalue weighted by atomic mass is 32.2. The summed E-state index contributed by atoms with van der Waals surface area (Å²) in [4.78, 5) is 11.9. The van der Waals surface area contributed by atoms with Gasteiger partial charge < -0.3 is 5.32 Å². The predicted molar refractivity (Wildman–Crippen MR) is 76.9 cm³/mol. The fourth-order valence-electron chi connectivity index (χ4n) is 1.88. The van der Waals surface area contributed by atoms with Crippen LogP contribution in [-0.2, 0) is 21.3 Å². The third kappa shape index (κ3) is 4.61. The number of rotatable bonds is 6. The van der Waals surface area contributed by atoms with Crippen LogP contribution in [0.5, 0.6) is 0 Å². The summed E-state index contributed by atoms with van der Waals surface area (Å²) >= 11 is 0. The van der Waals surface area contributed by atoms with Crippen LogP contribution in [0.4, 0.5) is 5.69 Å². The van der Waals surface area contributed by atoms with Crippen molar-refractivity contribution in [2.45, 2.75) is 32.4 Å². The number of carbonyl (C=O) groups is 1. The van der Waals surface area contributed by atoms with E-state index in [2.05, 4.69) is 5.32 Å². The van der Waals surface area contributed by atoms with Gasteiger partial charge in [-0.05, 0) is 30.5 Å². The number of nitrogens with one attached hydrogen (secondary N) is 1. The number of hydrogen-bond acceptors (Lipinski definition) is 2. The molecule has 0 aromatic heterocycles. The Morgan fingerprint density at radius 3 is 2.56 bits per heavy atom. The van der Waals surface area contributed by atoms with E-state index in [0.717, 1.165) is 24.1 Å². The van der Waals surface area contributed by atoms with Crippen molar-refractivity contribution >= 4 is 22.4 Å². The Morgan fingerprint density at radius 2 is 2.00 bits per heavy atom. The molecule has 1 rings (SSSR count). The first-order valence-corrected chi connectivity index (χ1v) is 7.99. The van der Waals surface area contributed by atoms with Crippen molar-refractivity contribution in [3.05, 3.63) is 29.8 Å². The van der Waals surface area contributed by atoms with Crippen LogP contribution in [-0.4, -0.2) is 16.4 Å². The van der Waals surface area contributed by atoms with Gasteiger partial charge in [-0.25, -0.2) is 0 Å². The molecule has 1 aromatic rings. The van der Waals surface area contributed by atoms with Crippen molar-refractivity contribution in [2.75, 3.05) is 11.6 Å². The zero-order valence-corrected chi connectivity index (χ0v) is 12.0.